The quantitative estimate of drug-likeness (QED) is 0.760. The maximum atomic E-state index is 12.2. The molecular weight excluding hydrogens is 274 g/mol. The first-order chi connectivity index (χ1) is 10.0. The van der Waals surface area contributed by atoms with E-state index in [1.54, 1.807) is 12.1 Å². The number of nitrogens with zero attached hydrogens (tertiary/aromatic N) is 2. The van der Waals surface area contributed by atoms with Crippen LogP contribution in [-0.4, -0.2) is 33.3 Å². The SMILES string of the molecule is C#CCNC(=O)Cn1nc(C(=O)O)c2ccccc2c1=O. The van der Waals surface area contributed by atoms with Crippen LogP contribution in [-0.2, 0) is 11.3 Å². The number of rotatable bonds is 4. The average molecular weight is 285 g/mol. The molecule has 2 N–H and O–H groups in total. The third-order valence-corrected chi connectivity index (χ3v) is 2.75. The summed E-state index contributed by atoms with van der Waals surface area (Å²) in [5.74, 6) is 0.431. The Bertz CT molecular complexity index is 817. The maximum absolute atomic E-state index is 12.2. The number of hydrogen-bond acceptors (Lipinski definition) is 4. The lowest BCUT2D eigenvalue weighted by atomic mass is 10.1. The minimum atomic E-state index is -1.27. The molecule has 0 atom stereocenters. The zero-order chi connectivity index (χ0) is 15.4. The molecule has 0 bridgehead atoms. The van der Waals surface area contributed by atoms with Gasteiger partial charge in [0, 0.05) is 5.39 Å². The number of benzene rings is 1. The Kier molecular flexibility index (Phi) is 4.00. The molecule has 21 heavy (non-hydrogen) atoms. The van der Waals surface area contributed by atoms with Crippen LogP contribution in [0.5, 0.6) is 0 Å². The first-order valence-corrected chi connectivity index (χ1v) is 5.98. The van der Waals surface area contributed by atoms with Crippen molar-refractivity contribution in [2.24, 2.45) is 0 Å². The molecule has 1 heterocycles. The third kappa shape index (κ3) is 2.90. The molecule has 7 nitrogen and oxygen atoms in total. The van der Waals surface area contributed by atoms with Crippen molar-refractivity contribution in [1.29, 1.82) is 0 Å². The molecule has 1 aromatic carbocycles. The van der Waals surface area contributed by atoms with Gasteiger partial charge in [-0.2, -0.15) is 5.10 Å². The standard InChI is InChI=1S/C14H11N3O4/c1-2-7-15-11(18)8-17-13(19)10-6-4-3-5-9(10)12(16-17)14(20)21/h1,3-6H,7-8H2,(H,15,18)(H,20,21). The lowest BCUT2D eigenvalue weighted by molar-refractivity contribution is -0.121. The molecule has 0 unspecified atom stereocenters. The van der Waals surface area contributed by atoms with Crippen LogP contribution in [0.4, 0.5) is 0 Å². The highest BCUT2D eigenvalue weighted by Crippen LogP contribution is 2.12. The molecule has 0 aliphatic heterocycles. The van der Waals surface area contributed by atoms with Gasteiger partial charge in [0.2, 0.25) is 5.91 Å². The number of amides is 1. The van der Waals surface area contributed by atoms with E-state index >= 15 is 0 Å². The van der Waals surface area contributed by atoms with Crippen LogP contribution >= 0.6 is 0 Å². The van der Waals surface area contributed by atoms with E-state index in [9.17, 15) is 14.4 Å². The van der Waals surface area contributed by atoms with Gasteiger partial charge in [-0.1, -0.05) is 24.1 Å². The van der Waals surface area contributed by atoms with Gasteiger partial charge in [0.25, 0.3) is 5.56 Å². The van der Waals surface area contributed by atoms with Crippen molar-refractivity contribution in [2.75, 3.05) is 6.54 Å². The second-order valence-electron chi connectivity index (χ2n) is 4.14. The largest absolute Gasteiger partial charge is 0.476 e. The zero-order valence-corrected chi connectivity index (χ0v) is 10.9. The topological polar surface area (TPSA) is 101 Å². The molecular formula is C14H11N3O4. The highest BCUT2D eigenvalue weighted by molar-refractivity contribution is 6.01. The molecule has 0 radical (unpaired) electrons. The molecule has 0 fully saturated rings. The van der Waals surface area contributed by atoms with Gasteiger partial charge < -0.3 is 10.4 Å². The Morgan fingerprint density at radius 1 is 1.33 bits per heavy atom. The molecule has 2 aromatic rings. The normalized spacial score (nSPS) is 10.0. The van der Waals surface area contributed by atoms with Crippen LogP contribution < -0.4 is 10.9 Å². The molecule has 0 spiro atoms. The number of fused-ring (bicyclic) bond motifs is 1. The van der Waals surface area contributed by atoms with Crippen molar-refractivity contribution in [3.8, 4) is 12.3 Å². The Labute approximate surface area is 119 Å². The number of hydrogen-bond donors (Lipinski definition) is 2. The summed E-state index contributed by atoms with van der Waals surface area (Å²) in [4.78, 5) is 35.0. The number of nitrogens with one attached hydrogen (secondary N) is 1. The summed E-state index contributed by atoms with van der Waals surface area (Å²) in [7, 11) is 0. The molecule has 7 heteroatoms. The van der Waals surface area contributed by atoms with Gasteiger partial charge in [-0.05, 0) is 6.07 Å². The fourth-order valence-corrected chi connectivity index (χ4v) is 1.84. The molecule has 1 aromatic heterocycles. The number of carboxylic acids is 1. The maximum Gasteiger partial charge on any atom is 0.357 e. The van der Waals surface area contributed by atoms with Crippen LogP contribution in [0.1, 0.15) is 10.5 Å². The molecule has 2 rings (SSSR count). The Morgan fingerprint density at radius 2 is 2.00 bits per heavy atom. The van der Waals surface area contributed by atoms with E-state index in [0.717, 1.165) is 4.68 Å². The number of carbonyl (C=O) groups is 2. The first kappa shape index (κ1) is 14.3. The van der Waals surface area contributed by atoms with Gasteiger partial charge >= 0.3 is 5.97 Å². The van der Waals surface area contributed by atoms with Crippen LogP contribution in [0, 0.1) is 12.3 Å². The van der Waals surface area contributed by atoms with Crippen molar-refractivity contribution >= 4 is 22.6 Å². The zero-order valence-electron chi connectivity index (χ0n) is 10.9. The van der Waals surface area contributed by atoms with Crippen LogP contribution in [0.3, 0.4) is 0 Å². The van der Waals surface area contributed by atoms with Crippen LogP contribution in [0.25, 0.3) is 10.8 Å². The van der Waals surface area contributed by atoms with Crippen molar-refractivity contribution in [2.45, 2.75) is 6.54 Å². The van der Waals surface area contributed by atoms with Crippen molar-refractivity contribution in [1.82, 2.24) is 15.1 Å². The number of carbonyl (C=O) groups excluding carboxylic acids is 1. The van der Waals surface area contributed by atoms with E-state index in [0.29, 0.717) is 0 Å². The van der Waals surface area contributed by atoms with Crippen LogP contribution in [0.15, 0.2) is 29.1 Å². The number of terminal acetylenes is 1. The Balaban J connectivity index is 2.53. The van der Waals surface area contributed by atoms with Gasteiger partial charge in [0.1, 0.15) is 6.54 Å². The summed E-state index contributed by atoms with van der Waals surface area (Å²) < 4.78 is 0.817. The number of aromatic nitrogens is 2. The van der Waals surface area contributed by atoms with E-state index in [1.165, 1.54) is 12.1 Å². The minimum Gasteiger partial charge on any atom is -0.476 e. The number of aromatic carboxylic acids is 1. The fourth-order valence-electron chi connectivity index (χ4n) is 1.84. The van der Waals surface area contributed by atoms with E-state index in [1.807, 2.05) is 0 Å². The lowest BCUT2D eigenvalue weighted by Gasteiger charge is -2.08. The van der Waals surface area contributed by atoms with Crippen molar-refractivity contribution < 1.29 is 14.7 Å². The Morgan fingerprint density at radius 3 is 2.62 bits per heavy atom. The highest BCUT2D eigenvalue weighted by atomic mass is 16.4. The average Bonchev–Trinajstić information content (AvgIpc) is 2.47. The van der Waals surface area contributed by atoms with Crippen molar-refractivity contribution in [3.63, 3.8) is 0 Å². The molecule has 0 saturated heterocycles. The van der Waals surface area contributed by atoms with Gasteiger partial charge in [-0.3, -0.25) is 9.59 Å². The summed E-state index contributed by atoms with van der Waals surface area (Å²) >= 11 is 0. The summed E-state index contributed by atoms with van der Waals surface area (Å²) in [5.41, 5.74) is -0.818. The lowest BCUT2D eigenvalue weighted by Crippen LogP contribution is -2.34. The summed E-state index contributed by atoms with van der Waals surface area (Å²) in [6, 6.07) is 6.20. The van der Waals surface area contributed by atoms with E-state index < -0.39 is 24.0 Å². The van der Waals surface area contributed by atoms with Gasteiger partial charge in [-0.15, -0.1) is 6.42 Å². The summed E-state index contributed by atoms with van der Waals surface area (Å²) in [6.07, 6.45) is 5.01. The Hall–Kier alpha value is -3.14. The minimum absolute atomic E-state index is 0.0208. The fraction of sp³-hybridized carbons (Fsp3) is 0.143. The molecule has 106 valence electrons. The summed E-state index contributed by atoms with van der Waals surface area (Å²) in [6.45, 7) is -0.376. The van der Waals surface area contributed by atoms with Crippen molar-refractivity contribution in [3.05, 3.63) is 40.3 Å². The van der Waals surface area contributed by atoms with Gasteiger partial charge in [-0.25, -0.2) is 9.48 Å². The monoisotopic (exact) mass is 285 g/mol. The van der Waals surface area contributed by atoms with E-state index in [4.69, 9.17) is 11.5 Å². The van der Waals surface area contributed by atoms with Gasteiger partial charge in [0.05, 0.1) is 11.9 Å². The molecule has 0 aliphatic rings. The van der Waals surface area contributed by atoms with Crippen LogP contribution in [0.2, 0.25) is 0 Å². The van der Waals surface area contributed by atoms with E-state index in [-0.39, 0.29) is 23.0 Å². The molecule has 0 aliphatic carbocycles. The third-order valence-electron chi connectivity index (χ3n) is 2.75. The first-order valence-electron chi connectivity index (χ1n) is 5.98. The molecule has 1 amide bonds. The predicted octanol–water partition coefficient (Wildman–Crippen LogP) is -0.156. The molecule has 0 saturated carbocycles. The summed E-state index contributed by atoms with van der Waals surface area (Å²) in [5, 5.41) is 15.7. The van der Waals surface area contributed by atoms with E-state index in [2.05, 4.69) is 16.3 Å². The van der Waals surface area contributed by atoms with Gasteiger partial charge in [0.15, 0.2) is 5.69 Å². The second kappa shape index (κ2) is 5.88. The highest BCUT2D eigenvalue weighted by Gasteiger charge is 2.16. The second-order valence-corrected chi connectivity index (χ2v) is 4.14. The smallest absolute Gasteiger partial charge is 0.357 e. The number of carboxylic acid groups (broad SMARTS) is 1. The predicted molar refractivity (Wildman–Crippen MR) is 74.8 cm³/mol.